The van der Waals surface area contributed by atoms with Gasteiger partial charge in [0.05, 0.1) is 0 Å². The van der Waals surface area contributed by atoms with Crippen LogP contribution in [0.2, 0.25) is 0 Å². The molecule has 3 N–H and O–H groups in total. The molecule has 0 spiro atoms. The highest BCUT2D eigenvalue weighted by Gasteiger charge is 2.65. The molecule has 2 aliphatic rings. The molecular formula is C18H26O5. The Bertz CT molecular complexity index is 534. The summed E-state index contributed by atoms with van der Waals surface area (Å²) in [4.78, 5) is 10.9. The van der Waals surface area contributed by atoms with E-state index in [1.54, 1.807) is 12.2 Å². The van der Waals surface area contributed by atoms with Gasteiger partial charge >= 0.3 is 5.97 Å². The van der Waals surface area contributed by atoms with Gasteiger partial charge in [-0.15, -0.1) is 0 Å². The lowest BCUT2D eigenvalue weighted by Gasteiger charge is -2.25. The Labute approximate surface area is 137 Å². The van der Waals surface area contributed by atoms with E-state index in [-0.39, 0.29) is 12.0 Å². The van der Waals surface area contributed by atoms with Crippen molar-refractivity contribution in [3.8, 4) is 0 Å². The zero-order valence-electron chi connectivity index (χ0n) is 13.7. The van der Waals surface area contributed by atoms with E-state index < -0.39 is 29.9 Å². The van der Waals surface area contributed by atoms with Crippen molar-refractivity contribution in [3.63, 3.8) is 0 Å². The summed E-state index contributed by atoms with van der Waals surface area (Å²) in [5, 5.41) is 29.6. The number of aliphatic hydroxyl groups is 2. The minimum absolute atomic E-state index is 0.210. The van der Waals surface area contributed by atoms with Crippen LogP contribution in [0.15, 0.2) is 35.5 Å². The Hall–Kier alpha value is -1.43. The molecule has 23 heavy (non-hydrogen) atoms. The molecule has 0 saturated carbocycles. The summed E-state index contributed by atoms with van der Waals surface area (Å²) >= 11 is 0. The second kappa shape index (κ2) is 7.43. The van der Waals surface area contributed by atoms with Crippen LogP contribution in [0.3, 0.4) is 0 Å². The highest BCUT2D eigenvalue weighted by atomic mass is 16.6. The van der Waals surface area contributed by atoms with Gasteiger partial charge in [-0.3, -0.25) is 0 Å². The zero-order chi connectivity index (χ0) is 17.0. The standard InChI is InChI=1S/C18H26O5/c1-3-4-5-6-7-8-13-11-14(19)16-18(23-16,15(13)20)10-9-12(2)17(21)22/h7-9,11,14-16,19-20H,3-6,10H2,1-2H3,(H,21,22). The van der Waals surface area contributed by atoms with Crippen molar-refractivity contribution in [3.05, 3.63) is 35.5 Å². The first-order valence-corrected chi connectivity index (χ1v) is 8.24. The number of aliphatic hydroxyl groups excluding tert-OH is 2. The van der Waals surface area contributed by atoms with Crippen LogP contribution in [-0.4, -0.2) is 45.2 Å². The summed E-state index contributed by atoms with van der Waals surface area (Å²) in [5.41, 5.74) is -0.0424. The Morgan fingerprint density at radius 3 is 2.78 bits per heavy atom. The molecule has 0 amide bonds. The van der Waals surface area contributed by atoms with Gasteiger partial charge in [0.15, 0.2) is 0 Å². The summed E-state index contributed by atoms with van der Waals surface area (Å²) < 4.78 is 5.57. The number of fused-ring (bicyclic) bond motifs is 1. The molecule has 0 radical (unpaired) electrons. The van der Waals surface area contributed by atoms with Crippen LogP contribution >= 0.6 is 0 Å². The first kappa shape index (κ1) is 17.9. The fourth-order valence-corrected chi connectivity index (χ4v) is 2.99. The Morgan fingerprint density at radius 1 is 1.39 bits per heavy atom. The highest BCUT2D eigenvalue weighted by Crippen LogP contribution is 2.50. The molecular weight excluding hydrogens is 296 g/mol. The average molecular weight is 322 g/mol. The maximum Gasteiger partial charge on any atom is 0.330 e. The second-order valence-electron chi connectivity index (χ2n) is 6.35. The van der Waals surface area contributed by atoms with Gasteiger partial charge in [0.1, 0.15) is 23.9 Å². The zero-order valence-corrected chi connectivity index (χ0v) is 13.7. The molecule has 1 fully saturated rings. The third-order valence-electron chi connectivity index (χ3n) is 4.57. The minimum Gasteiger partial charge on any atom is -0.478 e. The van der Waals surface area contributed by atoms with E-state index in [9.17, 15) is 15.0 Å². The van der Waals surface area contributed by atoms with Crippen molar-refractivity contribution in [2.75, 3.05) is 0 Å². The largest absolute Gasteiger partial charge is 0.478 e. The first-order chi connectivity index (χ1) is 10.9. The van der Waals surface area contributed by atoms with Crippen LogP contribution in [-0.2, 0) is 9.53 Å². The van der Waals surface area contributed by atoms with Gasteiger partial charge in [0.2, 0.25) is 0 Å². The van der Waals surface area contributed by atoms with Crippen molar-refractivity contribution < 1.29 is 24.9 Å². The maximum atomic E-state index is 10.9. The number of carboxylic acids is 1. The number of ether oxygens (including phenoxy) is 1. The normalized spacial score (nSPS) is 33.5. The Kier molecular flexibility index (Phi) is 5.79. The number of aliphatic carboxylic acids is 1. The Balaban J connectivity index is 2.04. The molecule has 0 aromatic rings. The van der Waals surface area contributed by atoms with Gasteiger partial charge in [0.25, 0.3) is 0 Å². The van der Waals surface area contributed by atoms with Gasteiger partial charge in [-0.05, 0) is 31.4 Å². The van der Waals surface area contributed by atoms with Crippen molar-refractivity contribution in [1.82, 2.24) is 0 Å². The lowest BCUT2D eigenvalue weighted by molar-refractivity contribution is -0.132. The fraction of sp³-hybridized carbons (Fsp3) is 0.611. The summed E-state index contributed by atoms with van der Waals surface area (Å²) in [7, 11) is 0. The third kappa shape index (κ3) is 3.91. The van der Waals surface area contributed by atoms with Crippen molar-refractivity contribution in [2.24, 2.45) is 0 Å². The monoisotopic (exact) mass is 322 g/mol. The number of rotatable bonds is 8. The van der Waals surface area contributed by atoms with Gasteiger partial charge in [-0.25, -0.2) is 4.79 Å². The molecule has 0 bridgehead atoms. The molecule has 1 aliphatic heterocycles. The van der Waals surface area contributed by atoms with E-state index in [1.807, 2.05) is 12.2 Å². The van der Waals surface area contributed by atoms with Crippen LogP contribution in [0.25, 0.3) is 0 Å². The van der Waals surface area contributed by atoms with Crippen molar-refractivity contribution in [2.45, 2.75) is 69.9 Å². The van der Waals surface area contributed by atoms with Crippen molar-refractivity contribution >= 4 is 5.97 Å². The van der Waals surface area contributed by atoms with Gasteiger partial charge in [-0.1, -0.05) is 38.0 Å². The maximum absolute atomic E-state index is 10.9. The molecule has 1 saturated heterocycles. The predicted molar refractivity (Wildman–Crippen MR) is 87.0 cm³/mol. The topological polar surface area (TPSA) is 90.3 Å². The Morgan fingerprint density at radius 2 is 2.13 bits per heavy atom. The van der Waals surface area contributed by atoms with E-state index >= 15 is 0 Å². The number of epoxide rings is 1. The van der Waals surface area contributed by atoms with Crippen LogP contribution < -0.4 is 0 Å². The molecule has 0 aromatic heterocycles. The second-order valence-corrected chi connectivity index (χ2v) is 6.35. The number of allylic oxidation sites excluding steroid dienone is 1. The number of hydrogen-bond acceptors (Lipinski definition) is 4. The smallest absolute Gasteiger partial charge is 0.330 e. The lowest BCUT2D eigenvalue weighted by atomic mass is 9.81. The number of carbonyl (C=O) groups is 1. The SMILES string of the molecule is CCCCCC=CC1=CC(O)C2OC2(CC=C(C)C(=O)O)C1O. The number of carboxylic acid groups (broad SMARTS) is 1. The van der Waals surface area contributed by atoms with E-state index in [0.717, 1.165) is 19.3 Å². The third-order valence-corrected chi connectivity index (χ3v) is 4.57. The molecule has 2 rings (SSSR count). The van der Waals surface area contributed by atoms with Crippen molar-refractivity contribution in [1.29, 1.82) is 0 Å². The van der Waals surface area contributed by atoms with Gasteiger partial charge in [0, 0.05) is 12.0 Å². The molecule has 4 unspecified atom stereocenters. The highest BCUT2D eigenvalue weighted by molar-refractivity contribution is 5.85. The molecule has 5 heteroatoms. The molecule has 0 aromatic carbocycles. The van der Waals surface area contributed by atoms with Gasteiger partial charge in [-0.2, -0.15) is 0 Å². The van der Waals surface area contributed by atoms with E-state index in [1.165, 1.54) is 13.3 Å². The van der Waals surface area contributed by atoms with Crippen LogP contribution in [0.4, 0.5) is 0 Å². The minimum atomic E-state index is -0.990. The van der Waals surface area contributed by atoms with Crippen LogP contribution in [0.1, 0.15) is 46.0 Å². The molecule has 5 nitrogen and oxygen atoms in total. The summed E-state index contributed by atoms with van der Waals surface area (Å²) in [6, 6.07) is 0. The molecule has 1 aliphatic carbocycles. The molecule has 4 atom stereocenters. The first-order valence-electron chi connectivity index (χ1n) is 8.24. The summed E-state index contributed by atoms with van der Waals surface area (Å²) in [6.45, 7) is 3.65. The fourth-order valence-electron chi connectivity index (χ4n) is 2.99. The van der Waals surface area contributed by atoms with E-state index in [4.69, 9.17) is 9.84 Å². The van der Waals surface area contributed by atoms with Gasteiger partial charge < -0.3 is 20.1 Å². The molecule has 1 heterocycles. The van der Waals surface area contributed by atoms with Crippen LogP contribution in [0.5, 0.6) is 0 Å². The number of hydrogen-bond donors (Lipinski definition) is 3. The average Bonchev–Trinajstić information content (AvgIpc) is 3.26. The van der Waals surface area contributed by atoms with E-state index in [2.05, 4.69) is 6.92 Å². The summed E-state index contributed by atoms with van der Waals surface area (Å²) in [5.74, 6) is -0.990. The summed E-state index contributed by atoms with van der Waals surface area (Å²) in [6.07, 6.45) is 9.58. The predicted octanol–water partition coefficient (Wildman–Crippen LogP) is 2.34. The van der Waals surface area contributed by atoms with Crippen LogP contribution in [0, 0.1) is 0 Å². The quantitative estimate of drug-likeness (QED) is 0.362. The molecule has 128 valence electrons. The lowest BCUT2D eigenvalue weighted by Crippen LogP contribution is -2.40. The van der Waals surface area contributed by atoms with E-state index in [0.29, 0.717) is 5.57 Å². The number of unbranched alkanes of at least 4 members (excludes halogenated alkanes) is 3.